The third-order valence-corrected chi connectivity index (χ3v) is 2.48. The molecule has 2 rings (SSSR count). The van der Waals surface area contributed by atoms with Gasteiger partial charge in [0.1, 0.15) is 6.61 Å². The van der Waals surface area contributed by atoms with Gasteiger partial charge < -0.3 is 14.2 Å². The first kappa shape index (κ1) is 12.4. The van der Waals surface area contributed by atoms with Gasteiger partial charge in [-0.3, -0.25) is 9.89 Å². The second-order valence-corrected chi connectivity index (χ2v) is 3.62. The Morgan fingerprint density at radius 1 is 1.22 bits per heavy atom. The van der Waals surface area contributed by atoms with Crippen LogP contribution in [0.3, 0.4) is 0 Å². The molecule has 0 saturated carbocycles. The van der Waals surface area contributed by atoms with E-state index in [9.17, 15) is 4.79 Å². The number of ether oxygens (including phenoxy) is 3. The van der Waals surface area contributed by atoms with Crippen molar-refractivity contribution in [2.45, 2.75) is 0 Å². The molecule has 96 valence electrons. The molecule has 0 aliphatic heterocycles. The number of aromatic amines is 1. The zero-order valence-corrected chi connectivity index (χ0v) is 10.2. The van der Waals surface area contributed by atoms with Gasteiger partial charge in [-0.1, -0.05) is 0 Å². The minimum atomic E-state index is -0.164. The van der Waals surface area contributed by atoms with Gasteiger partial charge in [-0.15, -0.1) is 0 Å². The molecule has 2 aromatic rings. The molecule has 0 radical (unpaired) electrons. The number of nitrogens with zero attached hydrogens (tertiary/aromatic N) is 1. The van der Waals surface area contributed by atoms with Crippen LogP contribution in [-0.2, 0) is 4.74 Å². The van der Waals surface area contributed by atoms with Crippen molar-refractivity contribution in [2.75, 3.05) is 27.4 Å². The lowest BCUT2D eigenvalue weighted by Gasteiger charge is -2.11. The van der Waals surface area contributed by atoms with Gasteiger partial charge in [0.15, 0.2) is 11.5 Å². The highest BCUT2D eigenvalue weighted by Crippen LogP contribution is 2.30. The summed E-state index contributed by atoms with van der Waals surface area (Å²) in [6.45, 7) is 0.856. The van der Waals surface area contributed by atoms with Crippen LogP contribution in [0.4, 0.5) is 0 Å². The van der Waals surface area contributed by atoms with Gasteiger partial charge in [0.05, 0.1) is 30.8 Å². The number of benzene rings is 1. The predicted octanol–water partition coefficient (Wildman–Crippen LogP) is 0.957. The van der Waals surface area contributed by atoms with Crippen molar-refractivity contribution < 1.29 is 14.2 Å². The Morgan fingerprint density at radius 2 is 2.06 bits per heavy atom. The quantitative estimate of drug-likeness (QED) is 0.800. The Kier molecular flexibility index (Phi) is 3.78. The molecule has 0 spiro atoms. The molecule has 1 N–H and O–H groups in total. The minimum Gasteiger partial charge on any atom is -0.493 e. The molecule has 6 nitrogen and oxygen atoms in total. The Bertz CT molecular complexity index is 594. The molecule has 1 aromatic carbocycles. The summed E-state index contributed by atoms with van der Waals surface area (Å²) < 4.78 is 15.6. The van der Waals surface area contributed by atoms with Crippen LogP contribution in [0, 0.1) is 0 Å². The summed E-state index contributed by atoms with van der Waals surface area (Å²) in [5.41, 5.74) is 0.446. The smallest absolute Gasteiger partial charge is 0.208 e. The molecule has 0 atom stereocenters. The largest absolute Gasteiger partial charge is 0.493 e. The standard InChI is InChI=1S/C12H14N2O4/c1-16-3-4-18-12-5-8-9(6-11(12)17-2)14-13-7-10(8)15/h5-7H,3-4H2,1-2H3,(H,14,15). The molecule has 0 aliphatic rings. The summed E-state index contributed by atoms with van der Waals surface area (Å²) in [6, 6.07) is 3.33. The Morgan fingerprint density at radius 3 is 2.78 bits per heavy atom. The van der Waals surface area contributed by atoms with E-state index in [-0.39, 0.29) is 5.43 Å². The van der Waals surface area contributed by atoms with Crippen molar-refractivity contribution in [3.63, 3.8) is 0 Å². The van der Waals surface area contributed by atoms with Gasteiger partial charge in [-0.2, -0.15) is 5.10 Å². The van der Waals surface area contributed by atoms with Crippen molar-refractivity contribution >= 4 is 10.9 Å². The van der Waals surface area contributed by atoms with Crippen LogP contribution in [-0.4, -0.2) is 37.6 Å². The molecule has 18 heavy (non-hydrogen) atoms. The van der Waals surface area contributed by atoms with Crippen LogP contribution in [0.5, 0.6) is 11.5 Å². The van der Waals surface area contributed by atoms with Crippen molar-refractivity contribution in [3.8, 4) is 11.5 Å². The van der Waals surface area contributed by atoms with Gasteiger partial charge in [-0.25, -0.2) is 0 Å². The van der Waals surface area contributed by atoms with E-state index in [1.54, 1.807) is 26.4 Å². The monoisotopic (exact) mass is 250 g/mol. The van der Waals surface area contributed by atoms with Crippen LogP contribution in [0.2, 0.25) is 0 Å². The normalized spacial score (nSPS) is 10.6. The number of nitrogens with one attached hydrogen (secondary N) is 1. The molecular weight excluding hydrogens is 236 g/mol. The maximum absolute atomic E-state index is 11.7. The van der Waals surface area contributed by atoms with Gasteiger partial charge in [0, 0.05) is 13.2 Å². The number of hydrogen-bond donors (Lipinski definition) is 1. The molecule has 1 aromatic heterocycles. The van der Waals surface area contributed by atoms with Crippen molar-refractivity contribution in [1.82, 2.24) is 10.2 Å². The number of methoxy groups -OCH3 is 2. The van der Waals surface area contributed by atoms with Gasteiger partial charge >= 0.3 is 0 Å². The summed E-state index contributed by atoms with van der Waals surface area (Å²) in [6.07, 6.45) is 1.23. The Labute approximate surface area is 103 Å². The fraction of sp³-hybridized carbons (Fsp3) is 0.333. The summed E-state index contributed by atoms with van der Waals surface area (Å²) in [5.74, 6) is 1.06. The number of hydrogen-bond acceptors (Lipinski definition) is 5. The lowest BCUT2D eigenvalue weighted by atomic mass is 10.2. The van der Waals surface area contributed by atoms with E-state index < -0.39 is 0 Å². The first-order valence-electron chi connectivity index (χ1n) is 5.43. The average Bonchev–Trinajstić information content (AvgIpc) is 2.39. The highest BCUT2D eigenvalue weighted by Gasteiger charge is 2.09. The molecule has 0 fully saturated rings. The fourth-order valence-corrected chi connectivity index (χ4v) is 1.59. The van der Waals surface area contributed by atoms with Crippen molar-refractivity contribution in [2.24, 2.45) is 0 Å². The van der Waals surface area contributed by atoms with E-state index in [1.165, 1.54) is 6.20 Å². The van der Waals surface area contributed by atoms with Crippen molar-refractivity contribution in [1.29, 1.82) is 0 Å². The molecule has 1 heterocycles. The zero-order chi connectivity index (χ0) is 13.0. The first-order valence-corrected chi connectivity index (χ1v) is 5.43. The summed E-state index contributed by atoms with van der Waals surface area (Å²) >= 11 is 0. The number of aromatic nitrogens is 2. The molecule has 0 amide bonds. The number of fused-ring (bicyclic) bond motifs is 1. The molecule has 0 bridgehead atoms. The summed E-state index contributed by atoms with van der Waals surface area (Å²) in [7, 11) is 3.14. The highest BCUT2D eigenvalue weighted by atomic mass is 16.5. The van der Waals surface area contributed by atoms with Gasteiger partial charge in [0.2, 0.25) is 5.43 Å². The predicted molar refractivity (Wildman–Crippen MR) is 66.3 cm³/mol. The number of rotatable bonds is 5. The number of H-pyrrole nitrogens is 1. The lowest BCUT2D eigenvalue weighted by Crippen LogP contribution is -2.07. The van der Waals surface area contributed by atoms with Crippen LogP contribution in [0.15, 0.2) is 23.1 Å². The van der Waals surface area contributed by atoms with E-state index in [0.29, 0.717) is 35.6 Å². The fourth-order valence-electron chi connectivity index (χ4n) is 1.59. The zero-order valence-electron chi connectivity index (χ0n) is 10.2. The minimum absolute atomic E-state index is 0.164. The lowest BCUT2D eigenvalue weighted by molar-refractivity contribution is 0.144. The van der Waals surface area contributed by atoms with E-state index in [2.05, 4.69) is 10.2 Å². The molecule has 0 unspecified atom stereocenters. The summed E-state index contributed by atoms with van der Waals surface area (Å²) in [4.78, 5) is 11.7. The summed E-state index contributed by atoms with van der Waals surface area (Å²) in [5, 5.41) is 7.00. The highest BCUT2D eigenvalue weighted by molar-refractivity contribution is 5.81. The third kappa shape index (κ3) is 2.43. The SMILES string of the molecule is COCCOc1cc2c(=O)cn[nH]c2cc1OC. The van der Waals surface area contributed by atoms with Crippen LogP contribution in [0.25, 0.3) is 10.9 Å². The van der Waals surface area contributed by atoms with Crippen molar-refractivity contribution in [3.05, 3.63) is 28.6 Å². The topological polar surface area (TPSA) is 73.4 Å². The maximum Gasteiger partial charge on any atom is 0.208 e. The maximum atomic E-state index is 11.7. The van der Waals surface area contributed by atoms with Crippen LogP contribution in [0.1, 0.15) is 0 Å². The van der Waals surface area contributed by atoms with E-state index >= 15 is 0 Å². The van der Waals surface area contributed by atoms with Crippen LogP contribution < -0.4 is 14.9 Å². The van der Waals surface area contributed by atoms with Crippen LogP contribution >= 0.6 is 0 Å². The first-order chi connectivity index (χ1) is 8.76. The second-order valence-electron chi connectivity index (χ2n) is 3.62. The third-order valence-electron chi connectivity index (χ3n) is 2.48. The Balaban J connectivity index is 2.43. The molecule has 0 saturated heterocycles. The Hall–Kier alpha value is -2.08. The second kappa shape index (κ2) is 5.50. The molecule has 6 heteroatoms. The van der Waals surface area contributed by atoms with E-state index in [1.807, 2.05) is 0 Å². The molecular formula is C12H14N2O4. The van der Waals surface area contributed by atoms with Gasteiger partial charge in [-0.05, 0) is 6.07 Å². The van der Waals surface area contributed by atoms with E-state index in [0.717, 1.165) is 0 Å². The van der Waals surface area contributed by atoms with Gasteiger partial charge in [0.25, 0.3) is 0 Å². The van der Waals surface area contributed by atoms with E-state index in [4.69, 9.17) is 14.2 Å². The molecule has 0 aliphatic carbocycles. The average molecular weight is 250 g/mol.